The Balaban J connectivity index is 4.29. The summed E-state index contributed by atoms with van der Waals surface area (Å²) in [6, 6.07) is 0. The summed E-state index contributed by atoms with van der Waals surface area (Å²) < 4.78 is 5.72. The van der Waals surface area contributed by atoms with E-state index in [1.807, 2.05) is 21.1 Å². The van der Waals surface area contributed by atoms with Crippen LogP contribution in [-0.4, -0.2) is 66.5 Å². The maximum atomic E-state index is 11.8. The Kier molecular flexibility index (Phi) is 9.21. The highest BCUT2D eigenvalue weighted by Crippen LogP contribution is 2.10. The molecule has 0 amide bonds. The minimum Gasteiger partial charge on any atom is -0.481 e. The van der Waals surface area contributed by atoms with Crippen LogP contribution in [0.5, 0.6) is 0 Å². The Morgan fingerprint density at radius 1 is 1.14 bits per heavy atom. The van der Waals surface area contributed by atoms with E-state index in [1.54, 1.807) is 0 Å². The van der Waals surface area contributed by atoms with Crippen molar-refractivity contribution in [1.82, 2.24) is 0 Å². The standard InChI is InChI=1S/C15H29NO5/c1-5-6-7-8-12(17)9-15(20)21-13(10-14(18)19)11-16(2,3)4/h12-13,17H,5-11H2,1-4H3/p+1/t12-,13-/m1/s1. The van der Waals surface area contributed by atoms with Gasteiger partial charge >= 0.3 is 11.9 Å². The van der Waals surface area contributed by atoms with Crippen LogP contribution >= 0.6 is 0 Å². The van der Waals surface area contributed by atoms with E-state index < -0.39 is 24.1 Å². The summed E-state index contributed by atoms with van der Waals surface area (Å²) in [5.41, 5.74) is 0. The van der Waals surface area contributed by atoms with Crippen molar-refractivity contribution in [3.8, 4) is 0 Å². The van der Waals surface area contributed by atoms with Crippen LogP contribution in [0, 0.1) is 0 Å². The number of hydrogen-bond donors (Lipinski definition) is 2. The molecule has 0 aliphatic carbocycles. The predicted octanol–water partition coefficient (Wildman–Crippen LogP) is 1.41. The molecule has 2 atom stereocenters. The molecule has 0 radical (unpaired) electrons. The first-order valence-electron chi connectivity index (χ1n) is 7.53. The third-order valence-electron chi connectivity index (χ3n) is 2.99. The molecule has 124 valence electrons. The van der Waals surface area contributed by atoms with Crippen LogP contribution < -0.4 is 0 Å². The van der Waals surface area contributed by atoms with Crippen LogP contribution in [0.25, 0.3) is 0 Å². The molecule has 0 fully saturated rings. The van der Waals surface area contributed by atoms with Gasteiger partial charge in [0.05, 0.1) is 40.1 Å². The van der Waals surface area contributed by atoms with E-state index in [9.17, 15) is 14.7 Å². The summed E-state index contributed by atoms with van der Waals surface area (Å²) in [7, 11) is 5.72. The number of nitrogens with zero attached hydrogens (tertiary/aromatic N) is 1. The number of aliphatic hydroxyl groups excluding tert-OH is 1. The molecule has 0 saturated heterocycles. The second kappa shape index (κ2) is 9.73. The molecule has 0 saturated carbocycles. The fourth-order valence-corrected chi connectivity index (χ4v) is 2.11. The van der Waals surface area contributed by atoms with E-state index in [1.165, 1.54) is 0 Å². The van der Waals surface area contributed by atoms with E-state index in [0.717, 1.165) is 19.3 Å². The number of carbonyl (C=O) groups excluding carboxylic acids is 1. The molecule has 0 rings (SSSR count). The Labute approximate surface area is 127 Å². The number of aliphatic hydroxyl groups is 1. The first-order chi connectivity index (χ1) is 9.64. The maximum absolute atomic E-state index is 11.8. The number of ether oxygens (including phenoxy) is 1. The average Bonchev–Trinajstić information content (AvgIpc) is 2.25. The number of rotatable bonds is 11. The van der Waals surface area contributed by atoms with Gasteiger partial charge in [0.25, 0.3) is 0 Å². The molecule has 0 aliphatic rings. The normalized spacial score (nSPS) is 14.5. The largest absolute Gasteiger partial charge is 0.481 e. The van der Waals surface area contributed by atoms with Crippen LogP contribution in [0.1, 0.15) is 45.4 Å². The topological polar surface area (TPSA) is 83.8 Å². The second-order valence-electron chi connectivity index (χ2n) is 6.54. The number of carboxylic acid groups (broad SMARTS) is 1. The summed E-state index contributed by atoms with van der Waals surface area (Å²) >= 11 is 0. The van der Waals surface area contributed by atoms with E-state index in [4.69, 9.17) is 9.84 Å². The minimum absolute atomic E-state index is 0.0724. The predicted molar refractivity (Wildman–Crippen MR) is 79.8 cm³/mol. The number of likely N-dealkylation sites (N-methyl/N-ethyl adjacent to an activating group) is 1. The van der Waals surface area contributed by atoms with Gasteiger partial charge in [-0.15, -0.1) is 0 Å². The van der Waals surface area contributed by atoms with Crippen LogP contribution in [0.4, 0.5) is 0 Å². The summed E-state index contributed by atoms with van der Waals surface area (Å²) in [6.45, 7) is 2.49. The first kappa shape index (κ1) is 19.9. The van der Waals surface area contributed by atoms with Gasteiger partial charge in [-0.05, 0) is 6.42 Å². The first-order valence-corrected chi connectivity index (χ1v) is 7.53. The van der Waals surface area contributed by atoms with Crippen molar-refractivity contribution in [2.75, 3.05) is 27.7 Å². The lowest BCUT2D eigenvalue weighted by atomic mass is 10.1. The Morgan fingerprint density at radius 3 is 2.24 bits per heavy atom. The van der Waals surface area contributed by atoms with Gasteiger partial charge in [0.2, 0.25) is 0 Å². The highest BCUT2D eigenvalue weighted by molar-refractivity contribution is 5.71. The van der Waals surface area contributed by atoms with Gasteiger partial charge in [-0.3, -0.25) is 9.59 Å². The maximum Gasteiger partial charge on any atom is 0.308 e. The number of carboxylic acids is 1. The van der Waals surface area contributed by atoms with Gasteiger partial charge in [0, 0.05) is 0 Å². The molecule has 0 spiro atoms. The lowest BCUT2D eigenvalue weighted by molar-refractivity contribution is -0.873. The molecule has 0 aromatic rings. The van der Waals surface area contributed by atoms with Gasteiger partial charge in [0.1, 0.15) is 6.54 Å². The second-order valence-corrected chi connectivity index (χ2v) is 6.54. The van der Waals surface area contributed by atoms with Crippen molar-refractivity contribution in [1.29, 1.82) is 0 Å². The zero-order chi connectivity index (χ0) is 16.5. The molecule has 6 heteroatoms. The Bertz CT molecular complexity index is 325. The highest BCUT2D eigenvalue weighted by Gasteiger charge is 2.25. The summed E-state index contributed by atoms with van der Waals surface area (Å²) in [6.07, 6.45) is 1.86. The molecule has 0 aromatic carbocycles. The van der Waals surface area contributed by atoms with E-state index >= 15 is 0 Å². The smallest absolute Gasteiger partial charge is 0.308 e. The van der Waals surface area contributed by atoms with E-state index in [2.05, 4.69) is 6.92 Å². The Hall–Kier alpha value is -1.14. The number of hydrogen-bond acceptors (Lipinski definition) is 4. The van der Waals surface area contributed by atoms with Crippen LogP contribution in [0.15, 0.2) is 0 Å². The number of aliphatic carboxylic acids is 1. The molecule has 21 heavy (non-hydrogen) atoms. The zero-order valence-electron chi connectivity index (χ0n) is 13.7. The fourth-order valence-electron chi connectivity index (χ4n) is 2.11. The molecule has 0 heterocycles. The zero-order valence-corrected chi connectivity index (χ0v) is 13.7. The molecule has 0 bridgehead atoms. The Morgan fingerprint density at radius 2 is 1.76 bits per heavy atom. The van der Waals surface area contributed by atoms with Gasteiger partial charge in [0.15, 0.2) is 6.10 Å². The summed E-state index contributed by atoms with van der Waals surface area (Å²) in [5, 5.41) is 18.6. The molecular formula is C15H30NO5+. The molecule has 2 N–H and O–H groups in total. The van der Waals surface area contributed by atoms with Crippen molar-refractivity contribution in [3.05, 3.63) is 0 Å². The summed E-state index contributed by atoms with van der Waals surface area (Å²) in [5.74, 6) is -1.52. The van der Waals surface area contributed by atoms with Crippen molar-refractivity contribution in [2.45, 2.75) is 57.7 Å². The van der Waals surface area contributed by atoms with Crippen molar-refractivity contribution >= 4 is 11.9 Å². The SMILES string of the molecule is CCCCC[C@@H](O)CC(=O)O[C@H](CC(=O)O)C[N+](C)(C)C. The molecule has 0 aromatic heterocycles. The fraction of sp³-hybridized carbons (Fsp3) is 0.867. The van der Waals surface area contributed by atoms with Crippen molar-refractivity contribution < 1.29 is 29.0 Å². The lowest BCUT2D eigenvalue weighted by Gasteiger charge is -2.28. The molecule has 6 nitrogen and oxygen atoms in total. The minimum atomic E-state index is -0.996. The lowest BCUT2D eigenvalue weighted by Crippen LogP contribution is -2.44. The summed E-state index contributed by atoms with van der Waals surface area (Å²) in [4.78, 5) is 22.6. The van der Waals surface area contributed by atoms with Crippen molar-refractivity contribution in [3.63, 3.8) is 0 Å². The van der Waals surface area contributed by atoms with Crippen LogP contribution in [0.3, 0.4) is 0 Å². The van der Waals surface area contributed by atoms with Crippen molar-refractivity contribution in [2.24, 2.45) is 0 Å². The molecule has 0 aliphatic heterocycles. The molecule has 0 unspecified atom stereocenters. The van der Waals surface area contributed by atoms with Gasteiger partial charge in [-0.1, -0.05) is 26.2 Å². The van der Waals surface area contributed by atoms with Gasteiger partial charge < -0.3 is 19.4 Å². The van der Waals surface area contributed by atoms with Gasteiger partial charge in [-0.2, -0.15) is 0 Å². The van der Waals surface area contributed by atoms with E-state index in [-0.39, 0.29) is 12.8 Å². The monoisotopic (exact) mass is 304 g/mol. The molecular weight excluding hydrogens is 274 g/mol. The average molecular weight is 304 g/mol. The quantitative estimate of drug-likeness (QED) is 0.342. The third-order valence-corrected chi connectivity index (χ3v) is 2.99. The van der Waals surface area contributed by atoms with Gasteiger partial charge in [-0.25, -0.2) is 0 Å². The number of carbonyl (C=O) groups is 2. The van der Waals surface area contributed by atoms with Crippen LogP contribution in [0.2, 0.25) is 0 Å². The third kappa shape index (κ3) is 12.3. The highest BCUT2D eigenvalue weighted by atomic mass is 16.5. The number of quaternary nitrogens is 1. The number of esters is 1. The van der Waals surface area contributed by atoms with Crippen LogP contribution in [-0.2, 0) is 14.3 Å². The number of unbranched alkanes of at least 4 members (excludes halogenated alkanes) is 2. The van der Waals surface area contributed by atoms with E-state index in [0.29, 0.717) is 17.4 Å².